The number of nitrogen functional groups attached to an aromatic ring is 1. The predicted octanol–water partition coefficient (Wildman–Crippen LogP) is 3.31. The van der Waals surface area contributed by atoms with Crippen LogP contribution in [0.25, 0.3) is 0 Å². The number of rotatable bonds is 4. The Morgan fingerprint density at radius 2 is 1.95 bits per heavy atom. The maximum atomic E-state index is 5.69. The van der Waals surface area contributed by atoms with E-state index in [2.05, 4.69) is 36.5 Å². The molecule has 19 heavy (non-hydrogen) atoms. The highest BCUT2D eigenvalue weighted by Crippen LogP contribution is 2.26. The summed E-state index contributed by atoms with van der Waals surface area (Å²) in [6, 6.07) is 7.89. The van der Waals surface area contributed by atoms with Crippen LogP contribution in [0.2, 0.25) is 0 Å². The number of benzene rings is 1. The molecule has 0 aliphatic rings. The van der Waals surface area contributed by atoms with Gasteiger partial charge in [0.15, 0.2) is 0 Å². The van der Waals surface area contributed by atoms with Crippen molar-refractivity contribution >= 4 is 39.2 Å². The molecule has 0 atom stereocenters. The van der Waals surface area contributed by atoms with Crippen molar-refractivity contribution < 1.29 is 0 Å². The lowest BCUT2D eigenvalue weighted by atomic mass is 10.2. The molecule has 0 amide bonds. The second kappa shape index (κ2) is 5.88. The second-order valence-corrected chi connectivity index (χ2v) is 4.99. The fourth-order valence-electron chi connectivity index (χ4n) is 1.66. The number of hydrogen-bond donors (Lipinski definition) is 3. The van der Waals surface area contributed by atoms with Crippen molar-refractivity contribution in [3.05, 3.63) is 34.3 Å². The first-order valence-electron chi connectivity index (χ1n) is 6.00. The van der Waals surface area contributed by atoms with Crippen LogP contribution in [0.1, 0.15) is 12.5 Å². The van der Waals surface area contributed by atoms with Gasteiger partial charge >= 0.3 is 0 Å². The lowest BCUT2D eigenvalue weighted by molar-refractivity contribution is 1.12. The Hall–Kier alpha value is -1.82. The quantitative estimate of drug-likeness (QED) is 0.805. The highest BCUT2D eigenvalue weighted by atomic mass is 79.9. The van der Waals surface area contributed by atoms with Crippen molar-refractivity contribution in [2.75, 3.05) is 22.9 Å². The third kappa shape index (κ3) is 3.57. The first-order valence-corrected chi connectivity index (χ1v) is 6.79. The molecule has 2 rings (SSSR count). The van der Waals surface area contributed by atoms with Crippen LogP contribution < -0.4 is 16.4 Å². The van der Waals surface area contributed by atoms with Gasteiger partial charge in [0.25, 0.3) is 0 Å². The molecule has 0 unspecified atom stereocenters. The Morgan fingerprint density at radius 1 is 1.21 bits per heavy atom. The normalized spacial score (nSPS) is 10.3. The van der Waals surface area contributed by atoms with Gasteiger partial charge in [0.1, 0.15) is 11.6 Å². The number of halogens is 1. The average molecular weight is 322 g/mol. The topological polar surface area (TPSA) is 75.9 Å². The highest BCUT2D eigenvalue weighted by molar-refractivity contribution is 9.10. The number of hydrogen-bond acceptors (Lipinski definition) is 5. The van der Waals surface area contributed by atoms with Gasteiger partial charge in [-0.1, -0.05) is 6.07 Å². The monoisotopic (exact) mass is 321 g/mol. The minimum Gasteiger partial charge on any atom is -0.370 e. The third-order valence-electron chi connectivity index (χ3n) is 2.49. The van der Waals surface area contributed by atoms with E-state index in [0.29, 0.717) is 11.6 Å². The van der Waals surface area contributed by atoms with E-state index in [9.17, 15) is 0 Å². The Morgan fingerprint density at radius 3 is 2.63 bits per heavy atom. The molecule has 1 heterocycles. The molecular weight excluding hydrogens is 306 g/mol. The summed E-state index contributed by atoms with van der Waals surface area (Å²) >= 11 is 3.52. The Kier molecular flexibility index (Phi) is 4.21. The summed E-state index contributed by atoms with van der Waals surface area (Å²) in [6.07, 6.45) is 0. The zero-order valence-corrected chi connectivity index (χ0v) is 12.5. The zero-order valence-electron chi connectivity index (χ0n) is 10.9. The highest BCUT2D eigenvalue weighted by Gasteiger charge is 2.05. The van der Waals surface area contributed by atoms with Gasteiger partial charge in [-0.25, -0.2) is 0 Å². The second-order valence-electron chi connectivity index (χ2n) is 4.14. The van der Waals surface area contributed by atoms with Crippen molar-refractivity contribution in [2.45, 2.75) is 13.8 Å². The molecule has 0 radical (unpaired) electrons. The first kappa shape index (κ1) is 13.6. The molecule has 0 saturated carbocycles. The SMILES string of the molecule is CCNc1cc(Nc2ccc(C)cc2Br)nc(N)n1. The van der Waals surface area contributed by atoms with E-state index < -0.39 is 0 Å². The van der Waals surface area contributed by atoms with E-state index in [4.69, 9.17) is 5.73 Å². The molecule has 0 aliphatic heterocycles. The Bertz CT molecular complexity index is 585. The van der Waals surface area contributed by atoms with Crippen LogP contribution in [0.5, 0.6) is 0 Å². The molecule has 2 aromatic rings. The van der Waals surface area contributed by atoms with Crippen LogP contribution in [-0.2, 0) is 0 Å². The summed E-state index contributed by atoms with van der Waals surface area (Å²) < 4.78 is 0.981. The Balaban J connectivity index is 2.27. The van der Waals surface area contributed by atoms with E-state index in [1.807, 2.05) is 38.1 Å². The van der Waals surface area contributed by atoms with Gasteiger partial charge in [-0.3, -0.25) is 0 Å². The lowest BCUT2D eigenvalue weighted by Gasteiger charge is -2.10. The molecular formula is C13H16BrN5. The van der Waals surface area contributed by atoms with Crippen LogP contribution in [0.15, 0.2) is 28.7 Å². The van der Waals surface area contributed by atoms with Gasteiger partial charge in [-0.05, 0) is 47.5 Å². The van der Waals surface area contributed by atoms with Crippen molar-refractivity contribution in [1.82, 2.24) is 9.97 Å². The molecule has 0 spiro atoms. The van der Waals surface area contributed by atoms with E-state index >= 15 is 0 Å². The summed E-state index contributed by atoms with van der Waals surface area (Å²) in [5.41, 5.74) is 7.82. The molecule has 4 N–H and O–H groups in total. The summed E-state index contributed by atoms with van der Waals surface area (Å²) in [6.45, 7) is 4.83. The summed E-state index contributed by atoms with van der Waals surface area (Å²) in [5.74, 6) is 1.61. The minimum absolute atomic E-state index is 0.240. The molecule has 5 nitrogen and oxygen atoms in total. The minimum atomic E-state index is 0.240. The molecule has 6 heteroatoms. The standard InChI is InChI=1S/C13H16BrN5/c1-3-16-11-7-12(19-13(15)18-11)17-10-5-4-8(2)6-9(10)14/h4-7H,3H2,1-2H3,(H4,15,16,17,18,19). The molecule has 100 valence electrons. The fraction of sp³-hybridized carbons (Fsp3) is 0.231. The van der Waals surface area contributed by atoms with Crippen LogP contribution in [0.3, 0.4) is 0 Å². The van der Waals surface area contributed by atoms with Crippen LogP contribution in [0, 0.1) is 6.92 Å². The number of nitrogens with two attached hydrogens (primary N) is 1. The van der Waals surface area contributed by atoms with Crippen molar-refractivity contribution in [1.29, 1.82) is 0 Å². The van der Waals surface area contributed by atoms with Gasteiger partial charge in [-0.15, -0.1) is 0 Å². The molecule has 0 bridgehead atoms. The van der Waals surface area contributed by atoms with Gasteiger partial charge in [-0.2, -0.15) is 9.97 Å². The summed E-state index contributed by atoms with van der Waals surface area (Å²) in [7, 11) is 0. The van der Waals surface area contributed by atoms with Crippen molar-refractivity contribution in [3.8, 4) is 0 Å². The number of anilines is 4. The van der Waals surface area contributed by atoms with Crippen molar-refractivity contribution in [2.24, 2.45) is 0 Å². The summed E-state index contributed by atoms with van der Waals surface area (Å²) in [4.78, 5) is 8.28. The maximum Gasteiger partial charge on any atom is 0.223 e. The average Bonchev–Trinajstić information content (AvgIpc) is 2.32. The van der Waals surface area contributed by atoms with E-state index in [-0.39, 0.29) is 5.95 Å². The van der Waals surface area contributed by atoms with E-state index in [0.717, 1.165) is 16.7 Å². The largest absolute Gasteiger partial charge is 0.370 e. The molecule has 0 aliphatic carbocycles. The van der Waals surface area contributed by atoms with Gasteiger partial charge in [0.05, 0.1) is 5.69 Å². The fourth-order valence-corrected chi connectivity index (χ4v) is 2.25. The number of nitrogens with one attached hydrogen (secondary N) is 2. The van der Waals surface area contributed by atoms with Crippen LogP contribution in [-0.4, -0.2) is 16.5 Å². The molecule has 0 saturated heterocycles. The number of aryl methyl sites for hydroxylation is 1. The zero-order chi connectivity index (χ0) is 13.8. The predicted molar refractivity (Wildman–Crippen MR) is 82.8 cm³/mol. The third-order valence-corrected chi connectivity index (χ3v) is 3.14. The van der Waals surface area contributed by atoms with Crippen LogP contribution >= 0.6 is 15.9 Å². The van der Waals surface area contributed by atoms with Gasteiger partial charge in [0.2, 0.25) is 5.95 Å². The van der Waals surface area contributed by atoms with Crippen LogP contribution in [0.4, 0.5) is 23.3 Å². The maximum absolute atomic E-state index is 5.69. The smallest absolute Gasteiger partial charge is 0.223 e. The molecule has 1 aromatic carbocycles. The van der Waals surface area contributed by atoms with Gasteiger partial charge < -0.3 is 16.4 Å². The summed E-state index contributed by atoms with van der Waals surface area (Å²) in [5, 5.41) is 6.34. The number of aromatic nitrogens is 2. The molecule has 1 aromatic heterocycles. The number of nitrogens with zero attached hydrogens (tertiary/aromatic N) is 2. The van der Waals surface area contributed by atoms with Crippen molar-refractivity contribution in [3.63, 3.8) is 0 Å². The first-order chi connectivity index (χ1) is 9.08. The van der Waals surface area contributed by atoms with E-state index in [1.54, 1.807) is 0 Å². The van der Waals surface area contributed by atoms with Gasteiger partial charge in [0, 0.05) is 17.1 Å². The molecule has 0 fully saturated rings. The van der Waals surface area contributed by atoms with E-state index in [1.165, 1.54) is 5.56 Å². The Labute approximate surface area is 120 Å². The lowest BCUT2D eigenvalue weighted by Crippen LogP contribution is -2.05.